The van der Waals surface area contributed by atoms with Crippen molar-refractivity contribution in [1.82, 2.24) is 9.38 Å². The van der Waals surface area contributed by atoms with Crippen molar-refractivity contribution in [2.75, 3.05) is 6.61 Å². The summed E-state index contributed by atoms with van der Waals surface area (Å²) in [5, 5.41) is 0. The van der Waals surface area contributed by atoms with Gasteiger partial charge in [-0.25, -0.2) is 9.78 Å². The molecule has 2 rings (SSSR count). The first-order valence-electron chi connectivity index (χ1n) is 4.76. The molecule has 18 heavy (non-hydrogen) atoms. The molecule has 0 aromatic carbocycles. The Hall–Kier alpha value is -0.840. The molecule has 0 spiro atoms. The van der Waals surface area contributed by atoms with Crippen molar-refractivity contribution in [3.05, 3.63) is 20.5 Å². The van der Waals surface area contributed by atoms with Crippen LogP contribution in [0.3, 0.4) is 0 Å². The van der Waals surface area contributed by atoms with Crippen molar-refractivity contribution in [3.8, 4) is 0 Å². The van der Waals surface area contributed by atoms with Crippen molar-refractivity contribution in [2.45, 2.75) is 13.1 Å². The Kier molecular flexibility index (Phi) is 3.54. The molecule has 0 N–H and O–H groups in total. The molecule has 2 heterocycles. The van der Waals surface area contributed by atoms with Crippen LogP contribution in [0.5, 0.6) is 0 Å². The molecule has 0 saturated carbocycles. The van der Waals surface area contributed by atoms with E-state index in [1.165, 1.54) is 13.1 Å². The lowest BCUT2D eigenvalue weighted by molar-refractivity contribution is -0.142. The number of ether oxygens (including phenoxy) is 1. The SMILES string of the molecule is CCOC(=O)c1sc2ncc(I)n2c1C(F)(F)F. The van der Waals surface area contributed by atoms with Crippen molar-refractivity contribution in [2.24, 2.45) is 0 Å². The summed E-state index contributed by atoms with van der Waals surface area (Å²) in [6, 6.07) is 0. The van der Waals surface area contributed by atoms with Crippen LogP contribution in [0, 0.1) is 3.70 Å². The van der Waals surface area contributed by atoms with E-state index < -0.39 is 22.7 Å². The van der Waals surface area contributed by atoms with Crippen LogP contribution in [-0.4, -0.2) is 22.0 Å². The van der Waals surface area contributed by atoms with Gasteiger partial charge in [-0.05, 0) is 29.5 Å². The number of rotatable bonds is 2. The lowest BCUT2D eigenvalue weighted by Crippen LogP contribution is -2.16. The summed E-state index contributed by atoms with van der Waals surface area (Å²) in [6.07, 6.45) is -3.32. The van der Waals surface area contributed by atoms with Crippen LogP contribution in [-0.2, 0) is 10.9 Å². The number of hydrogen-bond donors (Lipinski definition) is 0. The van der Waals surface area contributed by atoms with Crippen molar-refractivity contribution in [1.29, 1.82) is 0 Å². The Bertz CT molecular complexity index is 605. The number of aromatic nitrogens is 2. The van der Waals surface area contributed by atoms with Gasteiger partial charge < -0.3 is 4.74 Å². The Morgan fingerprint density at radius 3 is 2.83 bits per heavy atom. The molecule has 2 aromatic heterocycles. The number of fused-ring (bicyclic) bond motifs is 1. The van der Waals surface area contributed by atoms with Crippen LogP contribution in [0.15, 0.2) is 6.20 Å². The van der Waals surface area contributed by atoms with E-state index in [4.69, 9.17) is 0 Å². The maximum Gasteiger partial charge on any atom is 0.433 e. The first kappa shape index (κ1) is 13.6. The predicted octanol–water partition coefficient (Wildman–Crippen LogP) is 3.20. The van der Waals surface area contributed by atoms with E-state index in [0.29, 0.717) is 15.0 Å². The van der Waals surface area contributed by atoms with Gasteiger partial charge in [0.15, 0.2) is 10.7 Å². The number of alkyl halides is 3. The summed E-state index contributed by atoms with van der Waals surface area (Å²) in [6.45, 7) is 1.56. The fourth-order valence-corrected chi connectivity index (χ4v) is 3.21. The molecule has 98 valence electrons. The fraction of sp³-hybridized carbons (Fsp3) is 0.333. The summed E-state index contributed by atoms with van der Waals surface area (Å²) < 4.78 is 44.9. The molecule has 0 fully saturated rings. The Morgan fingerprint density at radius 1 is 1.61 bits per heavy atom. The molecular formula is C9H6F3IN2O2S. The third kappa shape index (κ3) is 2.20. The molecule has 2 aromatic rings. The van der Waals surface area contributed by atoms with E-state index in [9.17, 15) is 18.0 Å². The van der Waals surface area contributed by atoms with Crippen LogP contribution in [0.1, 0.15) is 22.3 Å². The molecule has 0 radical (unpaired) electrons. The number of carbonyl (C=O) groups is 1. The largest absolute Gasteiger partial charge is 0.462 e. The maximum atomic E-state index is 13.0. The highest BCUT2D eigenvalue weighted by Gasteiger charge is 2.41. The van der Waals surface area contributed by atoms with Crippen LogP contribution in [0.4, 0.5) is 13.2 Å². The van der Waals surface area contributed by atoms with Gasteiger partial charge in [0, 0.05) is 0 Å². The lowest BCUT2D eigenvalue weighted by atomic mass is 10.3. The highest BCUT2D eigenvalue weighted by Crippen LogP contribution is 2.38. The van der Waals surface area contributed by atoms with E-state index in [-0.39, 0.29) is 11.6 Å². The van der Waals surface area contributed by atoms with Gasteiger partial charge in [0.25, 0.3) is 0 Å². The van der Waals surface area contributed by atoms with Crippen LogP contribution < -0.4 is 0 Å². The molecule has 0 unspecified atom stereocenters. The van der Waals surface area contributed by atoms with Gasteiger partial charge >= 0.3 is 12.1 Å². The number of esters is 1. The number of thiazole rings is 1. The fourth-order valence-electron chi connectivity index (χ4n) is 1.42. The van der Waals surface area contributed by atoms with Gasteiger partial charge in [0.1, 0.15) is 8.58 Å². The highest BCUT2D eigenvalue weighted by atomic mass is 127. The molecule has 0 aliphatic heterocycles. The monoisotopic (exact) mass is 390 g/mol. The quantitative estimate of drug-likeness (QED) is 0.585. The predicted molar refractivity (Wildman–Crippen MR) is 66.7 cm³/mol. The molecule has 0 aliphatic rings. The molecule has 0 saturated heterocycles. The number of imidazole rings is 1. The minimum Gasteiger partial charge on any atom is -0.462 e. The first-order valence-corrected chi connectivity index (χ1v) is 6.65. The second-order valence-electron chi connectivity index (χ2n) is 3.20. The number of halogens is 4. The summed E-state index contributed by atoms with van der Waals surface area (Å²) in [7, 11) is 0. The molecular weight excluding hydrogens is 384 g/mol. The molecule has 0 atom stereocenters. The molecule has 4 nitrogen and oxygen atoms in total. The minimum atomic E-state index is -4.64. The van der Waals surface area contributed by atoms with E-state index in [0.717, 1.165) is 4.40 Å². The topological polar surface area (TPSA) is 43.6 Å². The second kappa shape index (κ2) is 4.68. The maximum absolute atomic E-state index is 13.0. The second-order valence-corrected chi connectivity index (χ2v) is 5.28. The smallest absolute Gasteiger partial charge is 0.433 e. The third-order valence-corrected chi connectivity index (χ3v) is 3.84. The number of nitrogens with zero attached hydrogens (tertiary/aromatic N) is 2. The van der Waals surface area contributed by atoms with Gasteiger partial charge in [0.05, 0.1) is 12.8 Å². The van der Waals surface area contributed by atoms with E-state index >= 15 is 0 Å². The normalized spacial score (nSPS) is 12.1. The Morgan fingerprint density at radius 2 is 2.28 bits per heavy atom. The zero-order chi connectivity index (χ0) is 13.5. The van der Waals surface area contributed by atoms with E-state index in [2.05, 4.69) is 9.72 Å². The summed E-state index contributed by atoms with van der Waals surface area (Å²) >= 11 is 2.40. The van der Waals surface area contributed by atoms with Crippen LogP contribution >= 0.6 is 33.9 Å². The summed E-state index contributed by atoms with van der Waals surface area (Å²) in [5.74, 6) is -0.976. The van der Waals surface area contributed by atoms with Crippen molar-refractivity contribution in [3.63, 3.8) is 0 Å². The van der Waals surface area contributed by atoms with Gasteiger partial charge in [0.2, 0.25) is 0 Å². The van der Waals surface area contributed by atoms with Crippen LogP contribution in [0.25, 0.3) is 4.96 Å². The molecule has 9 heteroatoms. The molecule has 0 amide bonds. The Labute approximate surface area is 117 Å². The van der Waals surface area contributed by atoms with Crippen molar-refractivity contribution >= 4 is 44.9 Å². The van der Waals surface area contributed by atoms with Gasteiger partial charge in [-0.3, -0.25) is 4.40 Å². The lowest BCUT2D eigenvalue weighted by Gasteiger charge is -2.08. The van der Waals surface area contributed by atoms with E-state index in [1.54, 1.807) is 22.6 Å². The number of carbonyl (C=O) groups excluding carboxylic acids is 1. The van der Waals surface area contributed by atoms with Gasteiger partial charge in [-0.1, -0.05) is 11.3 Å². The zero-order valence-electron chi connectivity index (χ0n) is 8.92. The average Bonchev–Trinajstić information content (AvgIpc) is 2.78. The standard InChI is InChI=1S/C9H6F3IN2O2S/c1-2-17-7(16)5-6(9(10,11)12)15-4(13)3-14-8(15)18-5/h3H,2H2,1H3. The average molecular weight is 390 g/mol. The minimum absolute atomic E-state index is 0.0213. The van der Waals surface area contributed by atoms with Gasteiger partial charge in [-0.2, -0.15) is 13.2 Å². The van der Waals surface area contributed by atoms with Crippen molar-refractivity contribution < 1.29 is 22.7 Å². The van der Waals surface area contributed by atoms with E-state index in [1.807, 2.05) is 0 Å². The zero-order valence-corrected chi connectivity index (χ0v) is 11.9. The summed E-state index contributed by atoms with van der Waals surface area (Å²) in [5.41, 5.74) is -1.03. The number of hydrogen-bond acceptors (Lipinski definition) is 4. The van der Waals surface area contributed by atoms with Crippen LogP contribution in [0.2, 0.25) is 0 Å². The third-order valence-electron chi connectivity index (χ3n) is 2.05. The molecule has 0 bridgehead atoms. The highest BCUT2D eigenvalue weighted by molar-refractivity contribution is 14.1. The Balaban J connectivity index is 2.70. The molecule has 0 aliphatic carbocycles. The van der Waals surface area contributed by atoms with Gasteiger partial charge in [-0.15, -0.1) is 0 Å². The summed E-state index contributed by atoms with van der Waals surface area (Å²) in [4.78, 5) is 15.0. The first-order chi connectivity index (χ1) is 8.36.